The van der Waals surface area contributed by atoms with Gasteiger partial charge in [-0.2, -0.15) is 0 Å². The van der Waals surface area contributed by atoms with E-state index in [0.717, 1.165) is 12.2 Å². The summed E-state index contributed by atoms with van der Waals surface area (Å²) in [5.41, 5.74) is 2.21. The zero-order chi connectivity index (χ0) is 9.26. The predicted molar refractivity (Wildman–Crippen MR) is 51.8 cm³/mol. The summed E-state index contributed by atoms with van der Waals surface area (Å²) in [7, 11) is 0. The van der Waals surface area contributed by atoms with E-state index < -0.39 is 0 Å². The fourth-order valence-corrected chi connectivity index (χ4v) is 1.92. The molecule has 2 heterocycles. The average molecular weight is 178 g/mol. The van der Waals surface area contributed by atoms with Gasteiger partial charge in [0.2, 0.25) is 5.56 Å². The Hall–Kier alpha value is -1.09. The van der Waals surface area contributed by atoms with Crippen molar-refractivity contribution in [2.45, 2.75) is 25.8 Å². The first-order chi connectivity index (χ1) is 6.27. The first-order valence-corrected chi connectivity index (χ1v) is 4.70. The lowest BCUT2D eigenvalue weighted by atomic mass is 10.0. The van der Waals surface area contributed by atoms with E-state index in [4.69, 9.17) is 0 Å². The van der Waals surface area contributed by atoms with Crippen molar-refractivity contribution in [3.8, 4) is 0 Å². The Morgan fingerprint density at radius 2 is 2.31 bits per heavy atom. The summed E-state index contributed by atoms with van der Waals surface area (Å²) in [5.74, 6) is 0. The largest absolute Gasteiger partial charge is 0.326 e. The lowest BCUT2D eigenvalue weighted by Crippen LogP contribution is -2.17. The van der Waals surface area contributed by atoms with Crippen molar-refractivity contribution in [1.29, 1.82) is 0 Å². The van der Waals surface area contributed by atoms with E-state index in [-0.39, 0.29) is 5.56 Å². The van der Waals surface area contributed by atoms with E-state index in [9.17, 15) is 4.79 Å². The Morgan fingerprint density at radius 3 is 2.92 bits per heavy atom. The third-order valence-electron chi connectivity index (χ3n) is 2.59. The Bertz CT molecular complexity index is 350. The zero-order valence-electron chi connectivity index (χ0n) is 7.76. The highest BCUT2D eigenvalue weighted by molar-refractivity contribution is 5.23. The van der Waals surface area contributed by atoms with Crippen molar-refractivity contribution in [2.24, 2.45) is 0 Å². The maximum absolute atomic E-state index is 11.0. The molecule has 1 saturated heterocycles. The van der Waals surface area contributed by atoms with Crippen molar-refractivity contribution in [2.75, 3.05) is 6.54 Å². The van der Waals surface area contributed by atoms with E-state index in [1.807, 2.05) is 13.0 Å². The van der Waals surface area contributed by atoms with Crippen molar-refractivity contribution < 1.29 is 0 Å². The number of rotatable bonds is 1. The molecule has 1 aliphatic rings. The number of nitrogens with one attached hydrogen (secondary N) is 2. The van der Waals surface area contributed by atoms with Gasteiger partial charge >= 0.3 is 0 Å². The van der Waals surface area contributed by atoms with Crippen molar-refractivity contribution in [3.63, 3.8) is 0 Å². The molecule has 0 aliphatic carbocycles. The fourth-order valence-electron chi connectivity index (χ4n) is 1.92. The number of pyridine rings is 1. The summed E-state index contributed by atoms with van der Waals surface area (Å²) in [4.78, 5) is 13.8. The third kappa shape index (κ3) is 1.65. The van der Waals surface area contributed by atoms with Gasteiger partial charge in [-0.15, -0.1) is 0 Å². The minimum atomic E-state index is -0.0146. The summed E-state index contributed by atoms with van der Waals surface area (Å²) < 4.78 is 0. The molecule has 13 heavy (non-hydrogen) atoms. The molecule has 0 bridgehead atoms. The van der Waals surface area contributed by atoms with Gasteiger partial charge in [0, 0.05) is 17.8 Å². The van der Waals surface area contributed by atoms with Crippen molar-refractivity contribution in [3.05, 3.63) is 33.7 Å². The second-order valence-electron chi connectivity index (χ2n) is 3.55. The SMILES string of the molecule is Cc1[nH]c(=O)ccc1C1CCCN1. The van der Waals surface area contributed by atoms with Crippen LogP contribution in [0.3, 0.4) is 0 Å². The first-order valence-electron chi connectivity index (χ1n) is 4.70. The van der Waals surface area contributed by atoms with Crippen molar-refractivity contribution >= 4 is 0 Å². The van der Waals surface area contributed by atoms with Gasteiger partial charge in [0.1, 0.15) is 0 Å². The average Bonchev–Trinajstić information content (AvgIpc) is 2.56. The highest BCUT2D eigenvalue weighted by Crippen LogP contribution is 2.23. The molecule has 1 aliphatic heterocycles. The highest BCUT2D eigenvalue weighted by atomic mass is 16.1. The van der Waals surface area contributed by atoms with Crippen molar-refractivity contribution in [1.82, 2.24) is 10.3 Å². The zero-order valence-corrected chi connectivity index (χ0v) is 7.76. The molecule has 0 amide bonds. The van der Waals surface area contributed by atoms with Crippen LogP contribution < -0.4 is 10.9 Å². The smallest absolute Gasteiger partial charge is 0.248 e. The minimum absolute atomic E-state index is 0.0146. The standard InChI is InChI=1S/C10H14N2O/c1-7-8(4-5-10(13)12-7)9-3-2-6-11-9/h4-5,9,11H,2-3,6H2,1H3,(H,12,13). The lowest BCUT2D eigenvalue weighted by Gasteiger charge is -2.12. The fraction of sp³-hybridized carbons (Fsp3) is 0.500. The van der Waals surface area contributed by atoms with E-state index in [1.54, 1.807) is 6.07 Å². The molecule has 2 N–H and O–H groups in total. The van der Waals surface area contributed by atoms with E-state index in [0.29, 0.717) is 6.04 Å². The van der Waals surface area contributed by atoms with Crippen LogP contribution in [-0.4, -0.2) is 11.5 Å². The van der Waals surface area contributed by atoms with Gasteiger partial charge < -0.3 is 10.3 Å². The van der Waals surface area contributed by atoms with Gasteiger partial charge in [-0.3, -0.25) is 4.79 Å². The third-order valence-corrected chi connectivity index (χ3v) is 2.59. The van der Waals surface area contributed by atoms with Crippen LogP contribution in [-0.2, 0) is 0 Å². The minimum Gasteiger partial charge on any atom is -0.326 e. The molecular weight excluding hydrogens is 164 g/mol. The van der Waals surface area contributed by atoms with Gasteiger partial charge in [0.15, 0.2) is 0 Å². The molecule has 1 fully saturated rings. The molecule has 0 aromatic carbocycles. The number of aromatic nitrogens is 1. The van der Waals surface area contributed by atoms with Crippen LogP contribution in [0.1, 0.15) is 30.1 Å². The quantitative estimate of drug-likeness (QED) is 0.676. The molecule has 1 aromatic rings. The van der Waals surface area contributed by atoms with Crippen LogP contribution in [0, 0.1) is 6.92 Å². The highest BCUT2D eigenvalue weighted by Gasteiger charge is 2.17. The van der Waals surface area contributed by atoms with Crippen LogP contribution in [0.25, 0.3) is 0 Å². The molecule has 1 unspecified atom stereocenters. The molecule has 0 spiro atoms. The van der Waals surface area contributed by atoms with E-state index in [2.05, 4.69) is 10.3 Å². The molecule has 2 rings (SSSR count). The van der Waals surface area contributed by atoms with Crippen LogP contribution in [0.4, 0.5) is 0 Å². The molecule has 0 radical (unpaired) electrons. The van der Waals surface area contributed by atoms with Gasteiger partial charge in [-0.1, -0.05) is 6.07 Å². The number of hydrogen-bond acceptors (Lipinski definition) is 2. The lowest BCUT2D eigenvalue weighted by molar-refractivity contribution is 0.639. The van der Waals surface area contributed by atoms with Gasteiger partial charge in [-0.25, -0.2) is 0 Å². The predicted octanol–water partition coefficient (Wildman–Crippen LogP) is 1.11. The van der Waals surface area contributed by atoms with Crippen LogP contribution in [0.2, 0.25) is 0 Å². The normalized spacial score (nSPS) is 22.1. The summed E-state index contributed by atoms with van der Waals surface area (Å²) >= 11 is 0. The number of H-pyrrole nitrogens is 1. The molecule has 0 saturated carbocycles. The number of aromatic amines is 1. The van der Waals surface area contributed by atoms with Gasteiger partial charge in [0.25, 0.3) is 0 Å². The molecule has 70 valence electrons. The molecule has 1 atom stereocenters. The van der Waals surface area contributed by atoms with Crippen LogP contribution in [0.5, 0.6) is 0 Å². The topological polar surface area (TPSA) is 44.9 Å². The number of aryl methyl sites for hydroxylation is 1. The van der Waals surface area contributed by atoms with Crippen LogP contribution in [0.15, 0.2) is 16.9 Å². The molecule has 3 nitrogen and oxygen atoms in total. The maximum atomic E-state index is 11.0. The Balaban J connectivity index is 2.34. The van der Waals surface area contributed by atoms with Gasteiger partial charge in [0.05, 0.1) is 0 Å². The molecule has 3 heteroatoms. The summed E-state index contributed by atoms with van der Waals surface area (Å²) in [6.07, 6.45) is 2.40. The van der Waals surface area contributed by atoms with Gasteiger partial charge in [-0.05, 0) is 31.9 Å². The second kappa shape index (κ2) is 3.34. The Labute approximate surface area is 77.2 Å². The molecular formula is C10H14N2O. The molecule has 1 aromatic heterocycles. The van der Waals surface area contributed by atoms with E-state index in [1.165, 1.54) is 18.4 Å². The monoisotopic (exact) mass is 178 g/mol. The number of hydrogen-bond donors (Lipinski definition) is 2. The Kier molecular flexibility index (Phi) is 2.19. The Morgan fingerprint density at radius 1 is 1.46 bits per heavy atom. The summed E-state index contributed by atoms with van der Waals surface area (Å²) in [6, 6.07) is 3.97. The van der Waals surface area contributed by atoms with E-state index >= 15 is 0 Å². The maximum Gasteiger partial charge on any atom is 0.248 e. The summed E-state index contributed by atoms with van der Waals surface area (Å²) in [6.45, 7) is 3.04. The summed E-state index contributed by atoms with van der Waals surface area (Å²) in [5, 5.41) is 3.41. The van der Waals surface area contributed by atoms with Crippen LogP contribution >= 0.6 is 0 Å². The first kappa shape index (κ1) is 8.51. The second-order valence-corrected chi connectivity index (χ2v) is 3.55.